The van der Waals surface area contributed by atoms with Crippen LogP contribution in [0.4, 0.5) is 0 Å². The van der Waals surface area contributed by atoms with Crippen LogP contribution in [0.25, 0.3) is 0 Å². The van der Waals surface area contributed by atoms with Crippen LogP contribution in [0.5, 0.6) is 0 Å². The van der Waals surface area contributed by atoms with E-state index >= 15 is 0 Å². The standard InChI is InChI=1S/C29H46O/c1-20-11-15-25(30)19-24(20)14-13-23-9-8-18-29(7)26(16-17-27(23)29)21(2)10-12-22(3)28(4,5)6/h10,12-14,21-22,25-27,30H,1,8-9,11,15-19H2,2-7H3/b12-10+,23-13+,24-14-/t21-,22+,25+,26-,27+,29-/m1/s1. The maximum atomic E-state index is 10.1. The van der Waals surface area contributed by atoms with Crippen LogP contribution < -0.4 is 0 Å². The van der Waals surface area contributed by atoms with Crippen LogP contribution >= 0.6 is 0 Å². The van der Waals surface area contributed by atoms with Crippen LogP contribution in [-0.4, -0.2) is 11.2 Å². The van der Waals surface area contributed by atoms with Crippen molar-refractivity contribution in [1.29, 1.82) is 0 Å². The Morgan fingerprint density at radius 3 is 2.50 bits per heavy atom. The van der Waals surface area contributed by atoms with E-state index in [1.165, 1.54) is 43.3 Å². The van der Waals surface area contributed by atoms with Crippen LogP contribution in [0.15, 0.2) is 47.6 Å². The minimum absolute atomic E-state index is 0.184. The van der Waals surface area contributed by atoms with E-state index < -0.39 is 0 Å². The first-order valence-corrected chi connectivity index (χ1v) is 12.5. The first kappa shape index (κ1) is 23.6. The molecule has 0 aliphatic heterocycles. The van der Waals surface area contributed by atoms with Crippen molar-refractivity contribution < 1.29 is 5.11 Å². The van der Waals surface area contributed by atoms with E-state index in [0.29, 0.717) is 22.7 Å². The molecule has 168 valence electrons. The second-order valence-electron chi connectivity index (χ2n) is 11.9. The number of hydrogen-bond donors (Lipinski definition) is 1. The van der Waals surface area contributed by atoms with Gasteiger partial charge in [-0.2, -0.15) is 0 Å². The number of rotatable bonds is 4. The van der Waals surface area contributed by atoms with E-state index in [2.05, 4.69) is 72.4 Å². The Bertz CT molecular complexity index is 715. The summed E-state index contributed by atoms with van der Waals surface area (Å²) in [5.41, 5.74) is 4.93. The second kappa shape index (κ2) is 9.19. The quantitative estimate of drug-likeness (QED) is 0.465. The third kappa shape index (κ3) is 5.04. The zero-order valence-electron chi connectivity index (χ0n) is 20.5. The zero-order chi connectivity index (χ0) is 22.1. The molecule has 0 saturated heterocycles. The van der Waals surface area contributed by atoms with E-state index in [-0.39, 0.29) is 6.10 Å². The average molecular weight is 411 g/mol. The molecule has 3 rings (SSSR count). The average Bonchev–Trinajstić information content (AvgIpc) is 3.03. The van der Waals surface area contributed by atoms with Gasteiger partial charge in [-0.05, 0) is 91.4 Å². The van der Waals surface area contributed by atoms with Gasteiger partial charge in [0.1, 0.15) is 0 Å². The first-order valence-electron chi connectivity index (χ1n) is 12.5. The van der Waals surface area contributed by atoms with Crippen molar-refractivity contribution in [3.05, 3.63) is 47.6 Å². The number of aliphatic hydroxyl groups excluding tert-OH is 1. The van der Waals surface area contributed by atoms with Gasteiger partial charge >= 0.3 is 0 Å². The number of aliphatic hydroxyl groups is 1. The van der Waals surface area contributed by atoms with Gasteiger partial charge in [0.15, 0.2) is 0 Å². The van der Waals surface area contributed by atoms with Gasteiger partial charge in [0.2, 0.25) is 0 Å². The summed E-state index contributed by atoms with van der Waals surface area (Å²) in [6.45, 7) is 18.7. The van der Waals surface area contributed by atoms with E-state index in [9.17, 15) is 5.11 Å². The van der Waals surface area contributed by atoms with E-state index in [4.69, 9.17) is 0 Å². The van der Waals surface area contributed by atoms with Gasteiger partial charge in [0, 0.05) is 0 Å². The molecule has 3 fully saturated rings. The van der Waals surface area contributed by atoms with Crippen molar-refractivity contribution in [3.8, 4) is 0 Å². The van der Waals surface area contributed by atoms with E-state index in [1.54, 1.807) is 5.57 Å². The van der Waals surface area contributed by atoms with Crippen LogP contribution in [0.2, 0.25) is 0 Å². The SMILES string of the molecule is C=C1CC[C@H](O)C/C1=C/C=C1\CCC[C@]2(C)[C@@H]([C@H](C)/C=C/[C@H](C)C(C)(C)C)CC[C@@H]12. The number of fused-ring (bicyclic) bond motifs is 1. The monoisotopic (exact) mass is 410 g/mol. The van der Waals surface area contributed by atoms with Crippen molar-refractivity contribution in [2.75, 3.05) is 0 Å². The van der Waals surface area contributed by atoms with Gasteiger partial charge in [-0.1, -0.05) is 83.6 Å². The Hall–Kier alpha value is -1.08. The lowest BCUT2D eigenvalue weighted by atomic mass is 9.61. The molecule has 1 N–H and O–H groups in total. The maximum absolute atomic E-state index is 10.1. The highest BCUT2D eigenvalue weighted by Crippen LogP contribution is 2.59. The fraction of sp³-hybridized carbons (Fsp3) is 0.724. The molecule has 0 heterocycles. The van der Waals surface area contributed by atoms with Crippen molar-refractivity contribution in [2.45, 2.75) is 99.0 Å². The first-order chi connectivity index (χ1) is 14.0. The molecule has 1 heteroatoms. The summed E-state index contributed by atoms with van der Waals surface area (Å²) in [7, 11) is 0. The molecule has 3 saturated carbocycles. The fourth-order valence-corrected chi connectivity index (χ4v) is 6.30. The molecular formula is C29H46O. The zero-order valence-corrected chi connectivity index (χ0v) is 20.5. The highest BCUT2D eigenvalue weighted by atomic mass is 16.3. The Kier molecular flexibility index (Phi) is 7.22. The van der Waals surface area contributed by atoms with Crippen molar-refractivity contribution in [1.82, 2.24) is 0 Å². The minimum atomic E-state index is -0.184. The van der Waals surface area contributed by atoms with Crippen molar-refractivity contribution >= 4 is 0 Å². The normalized spacial score (nSPS) is 37.7. The molecule has 3 aliphatic rings. The summed E-state index contributed by atoms with van der Waals surface area (Å²) in [5.74, 6) is 2.77. The molecule has 6 atom stereocenters. The molecule has 0 bridgehead atoms. The molecule has 1 nitrogen and oxygen atoms in total. The second-order valence-corrected chi connectivity index (χ2v) is 11.9. The molecule has 0 unspecified atom stereocenters. The number of hydrogen-bond acceptors (Lipinski definition) is 1. The van der Waals surface area contributed by atoms with Gasteiger partial charge in [0.25, 0.3) is 0 Å². The van der Waals surface area contributed by atoms with Gasteiger partial charge in [0.05, 0.1) is 6.10 Å². The lowest BCUT2D eigenvalue weighted by Crippen LogP contribution is -2.35. The smallest absolute Gasteiger partial charge is 0.0583 e. The Morgan fingerprint density at radius 2 is 1.80 bits per heavy atom. The topological polar surface area (TPSA) is 20.2 Å². The summed E-state index contributed by atoms with van der Waals surface area (Å²) >= 11 is 0. The highest BCUT2D eigenvalue weighted by molar-refractivity contribution is 5.36. The fourth-order valence-electron chi connectivity index (χ4n) is 6.30. The summed E-state index contributed by atoms with van der Waals surface area (Å²) in [4.78, 5) is 0. The van der Waals surface area contributed by atoms with Gasteiger partial charge in [-0.25, -0.2) is 0 Å². The van der Waals surface area contributed by atoms with Crippen LogP contribution in [0.3, 0.4) is 0 Å². The molecule has 0 amide bonds. The van der Waals surface area contributed by atoms with Gasteiger partial charge < -0.3 is 5.11 Å². The van der Waals surface area contributed by atoms with E-state index in [1.807, 2.05) is 0 Å². The molecule has 0 aromatic heterocycles. The molecule has 0 aromatic rings. The predicted molar refractivity (Wildman–Crippen MR) is 130 cm³/mol. The minimum Gasteiger partial charge on any atom is -0.393 e. The lowest BCUT2D eigenvalue weighted by molar-refractivity contribution is 0.112. The third-order valence-electron chi connectivity index (χ3n) is 8.93. The molecule has 0 radical (unpaired) electrons. The van der Waals surface area contributed by atoms with Crippen LogP contribution in [0, 0.1) is 34.5 Å². The summed E-state index contributed by atoms with van der Waals surface area (Å²) in [6.07, 6.45) is 18.8. The molecule has 30 heavy (non-hydrogen) atoms. The Morgan fingerprint density at radius 1 is 1.07 bits per heavy atom. The van der Waals surface area contributed by atoms with E-state index in [0.717, 1.165) is 31.1 Å². The van der Waals surface area contributed by atoms with Crippen LogP contribution in [0.1, 0.15) is 92.9 Å². The Balaban J connectivity index is 1.75. The summed E-state index contributed by atoms with van der Waals surface area (Å²) in [6, 6.07) is 0. The van der Waals surface area contributed by atoms with Crippen molar-refractivity contribution in [2.24, 2.45) is 34.5 Å². The maximum Gasteiger partial charge on any atom is 0.0583 e. The predicted octanol–water partition coefficient (Wildman–Crippen LogP) is 8.03. The number of allylic oxidation sites excluding steroid dienone is 6. The van der Waals surface area contributed by atoms with Gasteiger partial charge in [-0.3, -0.25) is 0 Å². The molecule has 3 aliphatic carbocycles. The largest absolute Gasteiger partial charge is 0.393 e. The third-order valence-corrected chi connectivity index (χ3v) is 8.93. The highest BCUT2D eigenvalue weighted by Gasteiger charge is 2.50. The van der Waals surface area contributed by atoms with Crippen molar-refractivity contribution in [3.63, 3.8) is 0 Å². The lowest BCUT2D eigenvalue weighted by Gasteiger charge is -2.44. The van der Waals surface area contributed by atoms with Gasteiger partial charge in [-0.15, -0.1) is 0 Å². The summed E-state index contributed by atoms with van der Waals surface area (Å²) < 4.78 is 0. The molecular weight excluding hydrogens is 364 g/mol. The molecule has 0 spiro atoms. The Labute approximate surface area is 186 Å². The van der Waals surface area contributed by atoms with Crippen LogP contribution in [-0.2, 0) is 0 Å². The summed E-state index contributed by atoms with van der Waals surface area (Å²) in [5, 5.41) is 10.1. The molecule has 0 aromatic carbocycles.